The summed E-state index contributed by atoms with van der Waals surface area (Å²) >= 11 is 0. The molecule has 1 aromatic rings. The molecule has 0 radical (unpaired) electrons. The molecule has 0 heterocycles. The van der Waals surface area contributed by atoms with E-state index in [0.717, 1.165) is 6.26 Å². The van der Waals surface area contributed by atoms with Crippen LogP contribution in [0.5, 0.6) is 0 Å². The topological polar surface area (TPSA) is 80.8 Å². The quantitative estimate of drug-likeness (QED) is 0.745. The predicted octanol–water partition coefficient (Wildman–Crippen LogP) is 0.335. The summed E-state index contributed by atoms with van der Waals surface area (Å²) in [4.78, 5) is 24.2. The first-order valence-corrected chi connectivity index (χ1v) is 7.28. The van der Waals surface area contributed by atoms with Crippen molar-refractivity contribution in [1.29, 1.82) is 0 Å². The first-order valence-electron chi connectivity index (χ1n) is 5.39. The summed E-state index contributed by atoms with van der Waals surface area (Å²) in [5.74, 6) is -1.09. The van der Waals surface area contributed by atoms with Crippen LogP contribution in [0, 0.1) is 0 Å². The number of ether oxygens (including phenoxy) is 1. The van der Waals surface area contributed by atoms with Crippen LogP contribution >= 0.6 is 0 Å². The Bertz CT molecular complexity index is 592. The minimum absolute atomic E-state index is 0.0286. The molecule has 1 amide bonds. The molecule has 0 atom stereocenters. The third-order valence-electron chi connectivity index (χ3n) is 2.32. The molecule has 0 N–H and O–H groups in total. The van der Waals surface area contributed by atoms with E-state index < -0.39 is 15.8 Å². The summed E-state index contributed by atoms with van der Waals surface area (Å²) < 4.78 is 27.5. The molecule has 0 aliphatic carbocycles. The minimum Gasteiger partial charge on any atom is -0.452 e. The number of rotatable bonds is 4. The molecule has 19 heavy (non-hydrogen) atoms. The summed E-state index contributed by atoms with van der Waals surface area (Å²) in [6.45, 7) is -0.380. The van der Waals surface area contributed by atoms with Gasteiger partial charge in [0.2, 0.25) is 0 Å². The van der Waals surface area contributed by atoms with Crippen LogP contribution in [0.4, 0.5) is 0 Å². The van der Waals surface area contributed by atoms with E-state index in [-0.39, 0.29) is 23.0 Å². The third kappa shape index (κ3) is 4.36. The molecule has 0 saturated heterocycles. The van der Waals surface area contributed by atoms with Crippen molar-refractivity contribution in [2.45, 2.75) is 4.90 Å². The van der Waals surface area contributed by atoms with E-state index in [1.165, 1.54) is 29.2 Å². The fourth-order valence-electron chi connectivity index (χ4n) is 1.19. The highest BCUT2D eigenvalue weighted by Gasteiger charge is 2.14. The largest absolute Gasteiger partial charge is 0.452 e. The Hall–Kier alpha value is -1.89. The number of sulfone groups is 1. The number of benzene rings is 1. The van der Waals surface area contributed by atoms with Gasteiger partial charge in [-0.05, 0) is 18.2 Å². The lowest BCUT2D eigenvalue weighted by molar-refractivity contribution is -0.131. The van der Waals surface area contributed by atoms with Gasteiger partial charge in [-0.15, -0.1) is 0 Å². The van der Waals surface area contributed by atoms with Gasteiger partial charge in [-0.1, -0.05) is 6.07 Å². The van der Waals surface area contributed by atoms with E-state index in [0.29, 0.717) is 0 Å². The van der Waals surface area contributed by atoms with Crippen molar-refractivity contribution in [3.05, 3.63) is 29.8 Å². The standard InChI is InChI=1S/C12H15NO5S/c1-13(2)11(14)8-18-12(15)9-5-4-6-10(7-9)19(3,16)17/h4-7H,8H2,1-3H3. The molecule has 1 aromatic carbocycles. The molecule has 6 nitrogen and oxygen atoms in total. The molecule has 0 aromatic heterocycles. The maximum atomic E-state index is 11.7. The maximum Gasteiger partial charge on any atom is 0.338 e. The first kappa shape index (κ1) is 15.2. The molecule has 0 unspecified atom stereocenters. The van der Waals surface area contributed by atoms with Crippen LogP contribution in [-0.2, 0) is 19.4 Å². The van der Waals surface area contributed by atoms with Crippen LogP contribution in [0.2, 0.25) is 0 Å². The average Bonchev–Trinajstić information content (AvgIpc) is 2.34. The van der Waals surface area contributed by atoms with Gasteiger partial charge in [0.25, 0.3) is 5.91 Å². The van der Waals surface area contributed by atoms with Crippen molar-refractivity contribution in [2.75, 3.05) is 27.0 Å². The van der Waals surface area contributed by atoms with Gasteiger partial charge in [-0.2, -0.15) is 0 Å². The van der Waals surface area contributed by atoms with Gasteiger partial charge in [-0.3, -0.25) is 4.79 Å². The number of nitrogens with zero attached hydrogens (tertiary/aromatic N) is 1. The molecular weight excluding hydrogens is 270 g/mol. The van der Waals surface area contributed by atoms with E-state index in [1.54, 1.807) is 14.1 Å². The van der Waals surface area contributed by atoms with Crippen molar-refractivity contribution in [1.82, 2.24) is 4.90 Å². The van der Waals surface area contributed by atoms with Crippen LogP contribution in [0.25, 0.3) is 0 Å². The van der Waals surface area contributed by atoms with Crippen molar-refractivity contribution in [3.63, 3.8) is 0 Å². The van der Waals surface area contributed by atoms with Crippen LogP contribution in [0.3, 0.4) is 0 Å². The Labute approximate surface area is 111 Å². The summed E-state index contributed by atoms with van der Waals surface area (Å²) in [7, 11) is -0.302. The summed E-state index contributed by atoms with van der Waals surface area (Å²) in [5.41, 5.74) is 0.0921. The highest BCUT2D eigenvalue weighted by atomic mass is 32.2. The summed E-state index contributed by atoms with van der Waals surface area (Å²) in [6, 6.07) is 5.48. The predicted molar refractivity (Wildman–Crippen MR) is 68.5 cm³/mol. The second-order valence-electron chi connectivity index (χ2n) is 4.16. The highest BCUT2D eigenvalue weighted by molar-refractivity contribution is 7.90. The Morgan fingerprint density at radius 3 is 2.42 bits per heavy atom. The van der Waals surface area contributed by atoms with Gasteiger partial charge < -0.3 is 9.64 Å². The number of carbonyl (C=O) groups is 2. The van der Waals surface area contributed by atoms with Gasteiger partial charge in [0.15, 0.2) is 16.4 Å². The number of carbonyl (C=O) groups excluding carboxylic acids is 2. The zero-order valence-corrected chi connectivity index (χ0v) is 11.7. The number of esters is 1. The monoisotopic (exact) mass is 285 g/mol. The van der Waals surface area contributed by atoms with E-state index in [4.69, 9.17) is 4.74 Å². The SMILES string of the molecule is CN(C)C(=O)COC(=O)c1cccc(S(C)(=O)=O)c1. The highest BCUT2D eigenvalue weighted by Crippen LogP contribution is 2.12. The molecule has 0 aliphatic heterocycles. The van der Waals surface area contributed by atoms with E-state index in [9.17, 15) is 18.0 Å². The molecule has 0 spiro atoms. The lowest BCUT2D eigenvalue weighted by Gasteiger charge is -2.10. The molecule has 0 aliphatic rings. The van der Waals surface area contributed by atoms with Crippen molar-refractivity contribution < 1.29 is 22.7 Å². The van der Waals surface area contributed by atoms with Crippen LogP contribution in [0.15, 0.2) is 29.2 Å². The molecule has 1 rings (SSSR count). The van der Waals surface area contributed by atoms with E-state index in [1.807, 2.05) is 0 Å². The smallest absolute Gasteiger partial charge is 0.338 e. The summed E-state index contributed by atoms with van der Waals surface area (Å²) in [6.07, 6.45) is 1.05. The molecule has 7 heteroatoms. The van der Waals surface area contributed by atoms with Crippen LogP contribution in [-0.4, -0.2) is 52.2 Å². The van der Waals surface area contributed by atoms with E-state index >= 15 is 0 Å². The first-order chi connectivity index (χ1) is 8.71. The Morgan fingerprint density at radius 2 is 1.89 bits per heavy atom. The fraction of sp³-hybridized carbons (Fsp3) is 0.333. The second kappa shape index (κ2) is 5.83. The van der Waals surface area contributed by atoms with Crippen molar-refractivity contribution >= 4 is 21.7 Å². The number of amides is 1. The molecule has 0 fully saturated rings. The van der Waals surface area contributed by atoms with Gasteiger partial charge in [0.1, 0.15) is 0 Å². The molecule has 0 bridgehead atoms. The van der Waals surface area contributed by atoms with Crippen molar-refractivity contribution in [2.24, 2.45) is 0 Å². The number of hydrogen-bond acceptors (Lipinski definition) is 5. The minimum atomic E-state index is -3.39. The van der Waals surface area contributed by atoms with Gasteiger partial charge in [0.05, 0.1) is 10.5 Å². The lowest BCUT2D eigenvalue weighted by atomic mass is 10.2. The molecule has 0 saturated carbocycles. The average molecular weight is 285 g/mol. The van der Waals surface area contributed by atoms with E-state index in [2.05, 4.69) is 0 Å². The Kier molecular flexibility index (Phi) is 4.66. The lowest BCUT2D eigenvalue weighted by Crippen LogP contribution is -2.27. The number of likely N-dealkylation sites (N-methyl/N-ethyl adjacent to an activating group) is 1. The Balaban J connectivity index is 2.81. The third-order valence-corrected chi connectivity index (χ3v) is 3.43. The van der Waals surface area contributed by atoms with Gasteiger partial charge in [0, 0.05) is 20.4 Å². The normalized spacial score (nSPS) is 10.9. The zero-order chi connectivity index (χ0) is 14.6. The zero-order valence-electron chi connectivity index (χ0n) is 10.9. The second-order valence-corrected chi connectivity index (χ2v) is 6.18. The van der Waals surface area contributed by atoms with Crippen molar-refractivity contribution in [3.8, 4) is 0 Å². The number of hydrogen-bond donors (Lipinski definition) is 0. The van der Waals surface area contributed by atoms with Gasteiger partial charge in [-0.25, -0.2) is 13.2 Å². The molecular formula is C12H15NO5S. The fourth-order valence-corrected chi connectivity index (χ4v) is 1.86. The van der Waals surface area contributed by atoms with Gasteiger partial charge >= 0.3 is 5.97 Å². The molecule has 104 valence electrons. The Morgan fingerprint density at radius 1 is 1.26 bits per heavy atom. The summed E-state index contributed by atoms with van der Waals surface area (Å²) in [5, 5.41) is 0. The van der Waals surface area contributed by atoms with Crippen LogP contribution < -0.4 is 0 Å². The van der Waals surface area contributed by atoms with Crippen LogP contribution in [0.1, 0.15) is 10.4 Å². The maximum absolute atomic E-state index is 11.7.